The van der Waals surface area contributed by atoms with Gasteiger partial charge in [0.2, 0.25) is 0 Å². The number of β-amino-alcohol motifs (C(OH)–C–C–N with tert-alkyl or cyclic N) is 1. The molecule has 1 fully saturated rings. The molecule has 1 aliphatic rings. The van der Waals surface area contributed by atoms with E-state index in [1.165, 1.54) is 4.88 Å². The minimum Gasteiger partial charge on any atom is -0.395 e. The molecule has 1 atom stereocenters. The molecule has 0 bridgehead atoms. The Morgan fingerprint density at radius 1 is 1.47 bits per heavy atom. The van der Waals surface area contributed by atoms with Crippen molar-refractivity contribution in [2.45, 2.75) is 25.5 Å². The minimum absolute atomic E-state index is 0.122. The average molecular weight is 251 g/mol. The van der Waals surface area contributed by atoms with Crippen molar-refractivity contribution >= 4 is 11.3 Å². The zero-order chi connectivity index (χ0) is 12.1. The van der Waals surface area contributed by atoms with E-state index in [0.29, 0.717) is 6.42 Å². The highest BCUT2D eigenvalue weighted by Crippen LogP contribution is 2.20. The molecule has 0 saturated carbocycles. The Kier molecular flexibility index (Phi) is 4.57. The maximum absolute atomic E-state index is 9.44. The van der Waals surface area contributed by atoms with Crippen LogP contribution in [0.1, 0.15) is 22.6 Å². The van der Waals surface area contributed by atoms with E-state index in [1.54, 1.807) is 11.3 Å². The van der Waals surface area contributed by atoms with E-state index in [1.807, 2.05) is 6.07 Å². The largest absolute Gasteiger partial charge is 0.395 e. The van der Waals surface area contributed by atoms with Gasteiger partial charge in [0.1, 0.15) is 0 Å². The average Bonchev–Trinajstić information content (AvgIpc) is 2.90. The third kappa shape index (κ3) is 3.83. The summed E-state index contributed by atoms with van der Waals surface area (Å²) < 4.78 is 0. The molecule has 2 rings (SSSR count). The van der Waals surface area contributed by atoms with E-state index >= 15 is 0 Å². The normalized spacial score (nSPS) is 20.2. The van der Waals surface area contributed by atoms with E-state index < -0.39 is 0 Å². The summed E-state index contributed by atoms with van der Waals surface area (Å²) in [6, 6.07) is 4.12. The van der Waals surface area contributed by atoms with Crippen LogP contribution in [0.4, 0.5) is 0 Å². The van der Waals surface area contributed by atoms with Crippen LogP contribution in [0.3, 0.4) is 0 Å². The Balaban J connectivity index is 1.88. The van der Waals surface area contributed by atoms with Gasteiger partial charge in [-0.05, 0) is 18.6 Å². The van der Waals surface area contributed by atoms with Crippen molar-refractivity contribution in [3.05, 3.63) is 21.9 Å². The molecular weight excluding hydrogens is 234 g/mol. The third-order valence-electron chi connectivity index (χ3n) is 2.74. The maximum atomic E-state index is 9.44. The number of hydrogen-bond donors (Lipinski definition) is 2. The Hall–Kier alpha value is -0.860. The molecule has 0 spiro atoms. The standard InChI is InChI=1S/C13H17NO2S/c15-8-2-1-3-12-4-5-13(17-12)10-14-7-6-11(16)9-14/h4-5,11,15-16H,2,6-10H2. The van der Waals surface area contributed by atoms with Gasteiger partial charge in [0.05, 0.1) is 17.6 Å². The molecule has 17 heavy (non-hydrogen) atoms. The fourth-order valence-electron chi connectivity index (χ4n) is 1.91. The topological polar surface area (TPSA) is 43.7 Å². The Morgan fingerprint density at radius 2 is 2.35 bits per heavy atom. The maximum Gasteiger partial charge on any atom is 0.0771 e. The Labute approximate surface area is 106 Å². The number of hydrogen-bond acceptors (Lipinski definition) is 4. The van der Waals surface area contributed by atoms with Crippen LogP contribution < -0.4 is 0 Å². The van der Waals surface area contributed by atoms with E-state index in [0.717, 1.165) is 30.9 Å². The van der Waals surface area contributed by atoms with Gasteiger partial charge in [-0.15, -0.1) is 11.3 Å². The molecular formula is C13H17NO2S. The molecule has 92 valence electrons. The summed E-state index contributed by atoms with van der Waals surface area (Å²) in [4.78, 5) is 4.60. The molecule has 1 aromatic rings. The lowest BCUT2D eigenvalue weighted by molar-refractivity contribution is 0.175. The van der Waals surface area contributed by atoms with Gasteiger partial charge >= 0.3 is 0 Å². The first kappa shape index (κ1) is 12.6. The minimum atomic E-state index is -0.154. The van der Waals surface area contributed by atoms with Crippen LogP contribution in [-0.2, 0) is 6.54 Å². The summed E-state index contributed by atoms with van der Waals surface area (Å²) in [5, 5.41) is 18.1. The van der Waals surface area contributed by atoms with Crippen LogP contribution in [0, 0.1) is 11.8 Å². The van der Waals surface area contributed by atoms with Crippen molar-refractivity contribution in [3.8, 4) is 11.8 Å². The van der Waals surface area contributed by atoms with Crippen molar-refractivity contribution in [1.29, 1.82) is 0 Å². The summed E-state index contributed by atoms with van der Waals surface area (Å²) in [7, 11) is 0. The Morgan fingerprint density at radius 3 is 3.06 bits per heavy atom. The molecule has 2 N–H and O–H groups in total. The van der Waals surface area contributed by atoms with Gasteiger partial charge in [-0.1, -0.05) is 11.8 Å². The van der Waals surface area contributed by atoms with Crippen LogP contribution in [0.2, 0.25) is 0 Å². The number of thiophene rings is 1. The van der Waals surface area contributed by atoms with Crippen molar-refractivity contribution in [2.24, 2.45) is 0 Å². The van der Waals surface area contributed by atoms with Gasteiger partial charge in [0.15, 0.2) is 0 Å². The molecule has 1 aliphatic heterocycles. The number of aliphatic hydroxyl groups is 2. The fraction of sp³-hybridized carbons (Fsp3) is 0.538. The second-order valence-corrected chi connectivity index (χ2v) is 5.39. The molecule has 0 aliphatic carbocycles. The molecule has 1 unspecified atom stereocenters. The van der Waals surface area contributed by atoms with Gasteiger partial charge in [-0.3, -0.25) is 4.90 Å². The van der Waals surface area contributed by atoms with Crippen molar-refractivity contribution in [2.75, 3.05) is 19.7 Å². The number of likely N-dealkylation sites (tertiary alicyclic amines) is 1. The lowest BCUT2D eigenvalue weighted by Crippen LogP contribution is -2.20. The smallest absolute Gasteiger partial charge is 0.0771 e. The molecule has 0 aromatic carbocycles. The quantitative estimate of drug-likeness (QED) is 0.789. The number of nitrogens with zero attached hydrogens (tertiary/aromatic N) is 1. The van der Waals surface area contributed by atoms with E-state index in [-0.39, 0.29) is 12.7 Å². The van der Waals surface area contributed by atoms with Gasteiger partial charge in [0.25, 0.3) is 0 Å². The van der Waals surface area contributed by atoms with Gasteiger partial charge in [0, 0.05) is 30.9 Å². The van der Waals surface area contributed by atoms with Crippen LogP contribution in [-0.4, -0.2) is 40.9 Å². The van der Waals surface area contributed by atoms with Crippen LogP contribution in [0.15, 0.2) is 12.1 Å². The number of rotatable bonds is 3. The monoisotopic (exact) mass is 251 g/mol. The van der Waals surface area contributed by atoms with Crippen molar-refractivity contribution < 1.29 is 10.2 Å². The molecule has 1 aromatic heterocycles. The second-order valence-electron chi connectivity index (χ2n) is 4.22. The molecule has 3 nitrogen and oxygen atoms in total. The van der Waals surface area contributed by atoms with Crippen LogP contribution in [0.25, 0.3) is 0 Å². The van der Waals surface area contributed by atoms with Crippen LogP contribution >= 0.6 is 11.3 Å². The van der Waals surface area contributed by atoms with Gasteiger partial charge in [-0.2, -0.15) is 0 Å². The SMILES string of the molecule is OCCC#Cc1ccc(CN2CCC(O)C2)s1. The first-order valence-electron chi connectivity index (χ1n) is 5.87. The molecule has 2 heterocycles. The van der Waals surface area contributed by atoms with Crippen molar-refractivity contribution in [3.63, 3.8) is 0 Å². The van der Waals surface area contributed by atoms with E-state index in [4.69, 9.17) is 5.11 Å². The van der Waals surface area contributed by atoms with Gasteiger partial charge in [-0.25, -0.2) is 0 Å². The summed E-state index contributed by atoms with van der Waals surface area (Å²) in [6.45, 7) is 2.79. The molecule has 1 saturated heterocycles. The molecule has 0 radical (unpaired) electrons. The lowest BCUT2D eigenvalue weighted by Gasteiger charge is -2.12. The highest BCUT2D eigenvalue weighted by Gasteiger charge is 2.20. The van der Waals surface area contributed by atoms with Gasteiger partial charge < -0.3 is 10.2 Å². The second kappa shape index (κ2) is 6.18. The van der Waals surface area contributed by atoms with E-state index in [2.05, 4.69) is 22.8 Å². The zero-order valence-electron chi connectivity index (χ0n) is 9.72. The first-order chi connectivity index (χ1) is 8.28. The Bertz CT molecular complexity index is 419. The molecule has 4 heteroatoms. The predicted molar refractivity (Wildman–Crippen MR) is 68.8 cm³/mol. The molecule has 0 amide bonds. The first-order valence-corrected chi connectivity index (χ1v) is 6.68. The summed E-state index contributed by atoms with van der Waals surface area (Å²) >= 11 is 1.69. The summed E-state index contributed by atoms with van der Waals surface area (Å²) in [5.74, 6) is 5.96. The van der Waals surface area contributed by atoms with Crippen molar-refractivity contribution in [1.82, 2.24) is 4.90 Å². The highest BCUT2D eigenvalue weighted by molar-refractivity contribution is 7.12. The van der Waals surface area contributed by atoms with Crippen LogP contribution in [0.5, 0.6) is 0 Å². The summed E-state index contributed by atoms with van der Waals surface area (Å²) in [5.41, 5.74) is 0. The fourth-order valence-corrected chi connectivity index (χ4v) is 2.84. The predicted octanol–water partition coefficient (Wildman–Crippen LogP) is 1.05. The lowest BCUT2D eigenvalue weighted by atomic mass is 10.3. The summed E-state index contributed by atoms with van der Waals surface area (Å²) in [6.07, 6.45) is 1.26. The third-order valence-corrected chi connectivity index (χ3v) is 3.72. The zero-order valence-corrected chi connectivity index (χ0v) is 10.5. The highest BCUT2D eigenvalue weighted by atomic mass is 32.1. The number of aliphatic hydroxyl groups excluding tert-OH is 2. The van der Waals surface area contributed by atoms with E-state index in [9.17, 15) is 5.11 Å².